The van der Waals surface area contributed by atoms with Crippen molar-refractivity contribution in [1.82, 2.24) is 0 Å². The molecule has 0 aliphatic rings. The van der Waals surface area contributed by atoms with E-state index in [0.29, 0.717) is 6.42 Å². The minimum Gasteiger partial charge on any atom is -0.264 e. The van der Waals surface area contributed by atoms with Gasteiger partial charge in [0, 0.05) is 18.3 Å². The van der Waals surface area contributed by atoms with Crippen LogP contribution in [0.1, 0.15) is 20.3 Å². The number of rotatable bonds is 2. The Morgan fingerprint density at radius 2 is 2.29 bits per heavy atom. The van der Waals surface area contributed by atoms with Crippen molar-refractivity contribution < 1.29 is 4.92 Å². The van der Waals surface area contributed by atoms with Gasteiger partial charge in [-0.3, -0.25) is 10.1 Å². The molecule has 0 rings (SSSR count). The van der Waals surface area contributed by atoms with E-state index in [1.807, 2.05) is 0 Å². The van der Waals surface area contributed by atoms with Crippen molar-refractivity contribution in [3.05, 3.63) is 10.1 Å². The van der Waals surface area contributed by atoms with Gasteiger partial charge in [0.15, 0.2) is 0 Å². The average molecular weight is 103 g/mol. The molecule has 0 saturated heterocycles. The third kappa shape index (κ3) is 2.14. The Bertz CT molecular complexity index is 72.1. The molecule has 0 amide bonds. The first-order valence-electron chi connectivity index (χ1n) is 2.32. The molecule has 0 aromatic carbocycles. The molecule has 0 bridgehead atoms. The van der Waals surface area contributed by atoms with Crippen molar-refractivity contribution in [2.75, 3.05) is 0 Å². The third-order valence-corrected chi connectivity index (χ3v) is 0.951. The fraction of sp³-hybridized carbons (Fsp3) is 1.00. The summed E-state index contributed by atoms with van der Waals surface area (Å²) in [5, 5.41) is 9.74. The summed E-state index contributed by atoms with van der Waals surface area (Å²) < 4.78 is 0. The van der Waals surface area contributed by atoms with Gasteiger partial charge in [0.25, 0.3) is 0 Å². The molecule has 0 aliphatic carbocycles. The van der Waals surface area contributed by atoms with E-state index in [4.69, 9.17) is 0 Å². The van der Waals surface area contributed by atoms with Gasteiger partial charge in [-0.25, -0.2) is 0 Å². The van der Waals surface area contributed by atoms with E-state index < -0.39 is 0 Å². The fourth-order valence-corrected chi connectivity index (χ4v) is 0.149. The van der Waals surface area contributed by atoms with Crippen molar-refractivity contribution in [2.45, 2.75) is 26.3 Å². The molecule has 3 nitrogen and oxygen atoms in total. The second kappa shape index (κ2) is 2.55. The van der Waals surface area contributed by atoms with Crippen LogP contribution in [0.25, 0.3) is 0 Å². The summed E-state index contributed by atoms with van der Waals surface area (Å²) in [7, 11) is 0. The normalized spacial score (nSPS) is 13.4. The van der Waals surface area contributed by atoms with Gasteiger partial charge in [0.2, 0.25) is 6.04 Å². The predicted molar refractivity (Wildman–Crippen MR) is 26.7 cm³/mol. The van der Waals surface area contributed by atoms with E-state index in [2.05, 4.69) is 0 Å². The number of hydrogen-bond acceptors (Lipinski definition) is 2. The summed E-state index contributed by atoms with van der Waals surface area (Å²) in [6.07, 6.45) is 0.618. The lowest BCUT2D eigenvalue weighted by molar-refractivity contribution is -0.518. The Labute approximate surface area is 42.5 Å². The van der Waals surface area contributed by atoms with Gasteiger partial charge in [-0.2, -0.15) is 0 Å². The van der Waals surface area contributed by atoms with Crippen LogP contribution in [0.3, 0.4) is 0 Å². The lowest BCUT2D eigenvalue weighted by atomic mass is 10.3. The zero-order valence-corrected chi connectivity index (χ0v) is 4.55. The van der Waals surface area contributed by atoms with Crippen LogP contribution in [0.4, 0.5) is 0 Å². The van der Waals surface area contributed by atoms with Crippen LogP contribution in [0.2, 0.25) is 0 Å². The average Bonchev–Trinajstić information content (AvgIpc) is 1.65. The van der Waals surface area contributed by atoms with Crippen molar-refractivity contribution in [2.24, 2.45) is 0 Å². The maximum absolute atomic E-state index is 9.74. The van der Waals surface area contributed by atoms with E-state index in [0.717, 1.165) is 0 Å². The molecule has 0 unspecified atom stereocenters. The molecule has 0 heterocycles. The first kappa shape index (κ1) is 6.40. The quantitative estimate of drug-likeness (QED) is 0.387. The molecule has 0 aliphatic heterocycles. The standard InChI is InChI=1S/C4H9NO2/c1-3-4(2)5(6)7/h4H,3H2,1-2H3/t4-/m0/s1. The molecule has 0 aromatic heterocycles. The van der Waals surface area contributed by atoms with E-state index >= 15 is 0 Å². The maximum Gasteiger partial charge on any atom is 0.210 e. The minimum absolute atomic E-state index is 0.278. The SMILES string of the molecule is CC[C@H](C)[N+](=O)[O-]. The Hall–Kier alpha value is -0.600. The summed E-state index contributed by atoms with van der Waals surface area (Å²) >= 11 is 0. The lowest BCUT2D eigenvalue weighted by Crippen LogP contribution is -2.12. The van der Waals surface area contributed by atoms with Crippen LogP contribution < -0.4 is 0 Å². The molecule has 42 valence electrons. The van der Waals surface area contributed by atoms with Gasteiger partial charge in [-0.15, -0.1) is 0 Å². The molecule has 0 saturated carbocycles. The Morgan fingerprint density at radius 1 is 1.86 bits per heavy atom. The van der Waals surface area contributed by atoms with E-state index in [9.17, 15) is 10.1 Å². The van der Waals surface area contributed by atoms with Crippen molar-refractivity contribution in [3.8, 4) is 0 Å². The van der Waals surface area contributed by atoms with Gasteiger partial charge in [-0.1, -0.05) is 6.92 Å². The van der Waals surface area contributed by atoms with Crippen molar-refractivity contribution in [3.63, 3.8) is 0 Å². The second-order valence-corrected chi connectivity index (χ2v) is 1.54. The Morgan fingerprint density at radius 3 is 2.29 bits per heavy atom. The Balaban J connectivity index is 3.34. The first-order chi connectivity index (χ1) is 3.18. The monoisotopic (exact) mass is 103 g/mol. The Kier molecular flexibility index (Phi) is 2.33. The molecule has 7 heavy (non-hydrogen) atoms. The molecule has 1 atom stereocenters. The van der Waals surface area contributed by atoms with Crippen LogP contribution in [0.5, 0.6) is 0 Å². The van der Waals surface area contributed by atoms with Gasteiger partial charge < -0.3 is 0 Å². The summed E-state index contributed by atoms with van der Waals surface area (Å²) in [5.74, 6) is 0. The zero-order chi connectivity index (χ0) is 5.86. The van der Waals surface area contributed by atoms with Gasteiger partial charge >= 0.3 is 0 Å². The summed E-state index contributed by atoms with van der Waals surface area (Å²) in [4.78, 5) is 9.46. The van der Waals surface area contributed by atoms with E-state index in [1.165, 1.54) is 0 Å². The third-order valence-electron chi connectivity index (χ3n) is 0.951. The molecule has 0 radical (unpaired) electrons. The summed E-state index contributed by atoms with van der Waals surface area (Å²) in [6.45, 7) is 3.40. The number of nitrogens with zero attached hydrogens (tertiary/aromatic N) is 1. The van der Waals surface area contributed by atoms with Crippen LogP contribution in [0, 0.1) is 10.1 Å². The van der Waals surface area contributed by atoms with Gasteiger partial charge in [-0.05, 0) is 0 Å². The second-order valence-electron chi connectivity index (χ2n) is 1.54. The van der Waals surface area contributed by atoms with Crippen molar-refractivity contribution in [1.29, 1.82) is 0 Å². The van der Waals surface area contributed by atoms with Crippen molar-refractivity contribution >= 4 is 0 Å². The predicted octanol–water partition coefficient (Wildman–Crippen LogP) is 1.06. The minimum atomic E-state index is -0.375. The summed E-state index contributed by atoms with van der Waals surface area (Å²) in [5.41, 5.74) is 0. The fourth-order valence-electron chi connectivity index (χ4n) is 0.149. The van der Waals surface area contributed by atoms with Crippen LogP contribution >= 0.6 is 0 Å². The highest BCUT2D eigenvalue weighted by Crippen LogP contribution is 1.90. The molecule has 0 fully saturated rings. The zero-order valence-electron chi connectivity index (χ0n) is 4.55. The molecular weight excluding hydrogens is 94.0 g/mol. The highest BCUT2D eigenvalue weighted by atomic mass is 16.6. The maximum atomic E-state index is 9.74. The smallest absolute Gasteiger partial charge is 0.210 e. The van der Waals surface area contributed by atoms with E-state index in [-0.39, 0.29) is 11.0 Å². The lowest BCUT2D eigenvalue weighted by Gasteiger charge is -1.94. The molecular formula is C4H9NO2. The molecule has 0 spiro atoms. The first-order valence-corrected chi connectivity index (χ1v) is 2.32. The number of hydrogen-bond donors (Lipinski definition) is 0. The highest BCUT2D eigenvalue weighted by Gasteiger charge is 2.06. The topological polar surface area (TPSA) is 43.1 Å². The van der Waals surface area contributed by atoms with Crippen LogP contribution in [0.15, 0.2) is 0 Å². The highest BCUT2D eigenvalue weighted by molar-refractivity contribution is 4.39. The van der Waals surface area contributed by atoms with Gasteiger partial charge in [0.05, 0.1) is 0 Å². The molecule has 0 N–H and O–H groups in total. The molecule has 3 heteroatoms. The van der Waals surface area contributed by atoms with Gasteiger partial charge in [0.1, 0.15) is 0 Å². The largest absolute Gasteiger partial charge is 0.264 e. The van der Waals surface area contributed by atoms with Crippen LogP contribution in [-0.2, 0) is 0 Å². The number of nitro groups is 1. The van der Waals surface area contributed by atoms with E-state index in [1.54, 1.807) is 13.8 Å². The summed E-state index contributed by atoms with van der Waals surface area (Å²) in [6, 6.07) is -0.375. The van der Waals surface area contributed by atoms with Crippen LogP contribution in [-0.4, -0.2) is 11.0 Å². The molecule has 0 aromatic rings.